The second-order valence-electron chi connectivity index (χ2n) is 9.21. The third-order valence-corrected chi connectivity index (χ3v) is 7.74. The summed E-state index contributed by atoms with van der Waals surface area (Å²) in [6.07, 6.45) is 13.4. The number of nitrogens with one attached hydrogen (secondary N) is 1. The fraction of sp³-hybridized carbons (Fsp3) is 0.952. The van der Waals surface area contributed by atoms with Crippen molar-refractivity contribution in [3.8, 4) is 0 Å². The highest BCUT2D eigenvalue weighted by atomic mass is 16.6. The van der Waals surface area contributed by atoms with Crippen molar-refractivity contribution in [2.24, 2.45) is 29.6 Å². The molecule has 2 aliphatic heterocycles. The first kappa shape index (κ1) is 16.9. The molecule has 2 heterocycles. The first-order valence-corrected chi connectivity index (χ1v) is 10.6. The third kappa shape index (κ3) is 3.13. The van der Waals surface area contributed by atoms with Crippen LogP contribution in [0.1, 0.15) is 78.1 Å². The molecule has 4 rings (SSSR count). The Hall–Kier alpha value is -0.570. The molecule has 2 aliphatic carbocycles. The average Bonchev–Trinajstić information content (AvgIpc) is 2.86. The van der Waals surface area contributed by atoms with Gasteiger partial charge in [-0.15, -0.1) is 0 Å². The lowest BCUT2D eigenvalue weighted by atomic mass is 9.56. The molecular formula is C21H35NO2. The molecule has 0 radical (unpaired) electrons. The molecule has 4 aliphatic rings. The summed E-state index contributed by atoms with van der Waals surface area (Å²) in [6.45, 7) is 4.48. The van der Waals surface area contributed by atoms with Crippen LogP contribution in [0, 0.1) is 29.6 Å². The number of carbonyl (C=O) groups excluding carboxylic acids is 1. The van der Waals surface area contributed by atoms with Crippen LogP contribution in [0.15, 0.2) is 0 Å². The minimum atomic E-state index is 0.117. The molecule has 4 fully saturated rings. The van der Waals surface area contributed by atoms with Crippen molar-refractivity contribution in [2.75, 3.05) is 0 Å². The fourth-order valence-electron chi connectivity index (χ4n) is 6.70. The lowest BCUT2D eigenvalue weighted by molar-refractivity contribution is -0.144. The van der Waals surface area contributed by atoms with Crippen molar-refractivity contribution in [2.45, 2.75) is 96.2 Å². The van der Waals surface area contributed by atoms with Crippen LogP contribution in [0.2, 0.25) is 0 Å². The van der Waals surface area contributed by atoms with Crippen molar-refractivity contribution >= 4 is 5.97 Å². The maximum atomic E-state index is 12.4. The summed E-state index contributed by atoms with van der Waals surface area (Å²) in [5, 5.41) is 3.81. The van der Waals surface area contributed by atoms with E-state index in [1.165, 1.54) is 57.8 Å². The van der Waals surface area contributed by atoms with Gasteiger partial charge in [0.2, 0.25) is 0 Å². The summed E-state index contributed by atoms with van der Waals surface area (Å²) < 4.78 is 5.70. The number of piperidine rings is 1. The van der Waals surface area contributed by atoms with Gasteiger partial charge in [-0.05, 0) is 70.1 Å². The van der Waals surface area contributed by atoms with Gasteiger partial charge in [-0.1, -0.05) is 25.7 Å². The van der Waals surface area contributed by atoms with Crippen LogP contribution in [0.25, 0.3) is 0 Å². The van der Waals surface area contributed by atoms with Gasteiger partial charge in [-0.3, -0.25) is 4.79 Å². The highest BCUT2D eigenvalue weighted by Crippen LogP contribution is 2.54. The number of hydrogen-bond donors (Lipinski definition) is 1. The summed E-state index contributed by atoms with van der Waals surface area (Å²) in [7, 11) is 0. The molecule has 3 nitrogen and oxygen atoms in total. The van der Waals surface area contributed by atoms with Gasteiger partial charge in [-0.25, -0.2) is 0 Å². The van der Waals surface area contributed by atoms with Crippen LogP contribution in [-0.2, 0) is 9.53 Å². The second-order valence-corrected chi connectivity index (χ2v) is 9.21. The standard InChI is InChI=1S/C21H35NO2/c1-13-6-5-8-16(22-13)10-11-18-17-9-4-3-7-15(17)12-19-20(18)14(2)24-21(19)23/h13-20,22H,3-12H2,1-2H3/t13-,14+,15-,16+,17+,18-,19+,20-/m1/s1. The lowest BCUT2D eigenvalue weighted by Gasteiger charge is -2.47. The Bertz CT molecular complexity index is 465. The van der Waals surface area contributed by atoms with E-state index >= 15 is 0 Å². The van der Waals surface area contributed by atoms with Crippen LogP contribution in [0.5, 0.6) is 0 Å². The summed E-state index contributed by atoms with van der Waals surface area (Å²) in [5.41, 5.74) is 0. The molecule has 0 aromatic carbocycles. The largest absolute Gasteiger partial charge is 0.462 e. The minimum Gasteiger partial charge on any atom is -0.462 e. The van der Waals surface area contributed by atoms with Crippen molar-refractivity contribution in [3.63, 3.8) is 0 Å². The van der Waals surface area contributed by atoms with Crippen LogP contribution in [0.4, 0.5) is 0 Å². The van der Waals surface area contributed by atoms with E-state index in [4.69, 9.17) is 4.74 Å². The Kier molecular flexibility index (Phi) is 4.90. The van der Waals surface area contributed by atoms with Crippen LogP contribution >= 0.6 is 0 Å². The molecule has 3 heteroatoms. The zero-order chi connectivity index (χ0) is 16.7. The van der Waals surface area contributed by atoms with E-state index in [0.717, 1.165) is 24.2 Å². The van der Waals surface area contributed by atoms with Crippen molar-refractivity contribution in [1.29, 1.82) is 0 Å². The Balaban J connectivity index is 1.47. The van der Waals surface area contributed by atoms with E-state index in [1.54, 1.807) is 0 Å². The van der Waals surface area contributed by atoms with Gasteiger partial charge in [-0.2, -0.15) is 0 Å². The SMILES string of the molecule is C[C@@H]1CCC[C@@H](CC[C@@H]2[C@H]3CCCC[C@@H]3C[C@@H]3C(=O)O[C@@H](C)[C@H]23)N1. The molecule has 0 bridgehead atoms. The first-order valence-electron chi connectivity index (χ1n) is 10.6. The zero-order valence-electron chi connectivity index (χ0n) is 15.5. The van der Waals surface area contributed by atoms with Crippen molar-refractivity contribution in [3.05, 3.63) is 0 Å². The minimum absolute atomic E-state index is 0.117. The molecule has 8 atom stereocenters. The summed E-state index contributed by atoms with van der Waals surface area (Å²) in [6, 6.07) is 1.38. The van der Waals surface area contributed by atoms with E-state index in [1.807, 2.05) is 0 Å². The van der Waals surface area contributed by atoms with E-state index in [0.29, 0.717) is 18.0 Å². The number of rotatable bonds is 3. The average molecular weight is 334 g/mol. The summed E-state index contributed by atoms with van der Waals surface area (Å²) >= 11 is 0. The Morgan fingerprint density at radius 2 is 1.88 bits per heavy atom. The number of fused-ring (bicyclic) bond motifs is 2. The monoisotopic (exact) mass is 333 g/mol. The molecule has 136 valence electrons. The molecule has 0 spiro atoms. The van der Waals surface area contributed by atoms with Gasteiger partial charge in [0.05, 0.1) is 5.92 Å². The van der Waals surface area contributed by atoms with Gasteiger partial charge >= 0.3 is 5.97 Å². The highest BCUT2D eigenvalue weighted by molar-refractivity contribution is 5.75. The van der Waals surface area contributed by atoms with Crippen molar-refractivity contribution in [1.82, 2.24) is 5.32 Å². The number of hydrogen-bond acceptors (Lipinski definition) is 3. The van der Waals surface area contributed by atoms with Gasteiger partial charge in [0.25, 0.3) is 0 Å². The van der Waals surface area contributed by atoms with E-state index < -0.39 is 0 Å². The molecular weight excluding hydrogens is 298 g/mol. The molecule has 2 saturated heterocycles. The second kappa shape index (κ2) is 6.97. The Morgan fingerprint density at radius 1 is 1.04 bits per heavy atom. The summed E-state index contributed by atoms with van der Waals surface area (Å²) in [5.74, 6) is 3.19. The summed E-state index contributed by atoms with van der Waals surface area (Å²) in [4.78, 5) is 12.4. The van der Waals surface area contributed by atoms with Gasteiger partial charge < -0.3 is 10.1 Å². The quantitative estimate of drug-likeness (QED) is 0.783. The maximum absolute atomic E-state index is 12.4. The number of esters is 1. The smallest absolute Gasteiger partial charge is 0.309 e. The normalized spacial score (nSPS) is 48.5. The molecule has 2 saturated carbocycles. The van der Waals surface area contributed by atoms with E-state index in [2.05, 4.69) is 19.2 Å². The van der Waals surface area contributed by atoms with Crippen LogP contribution < -0.4 is 5.32 Å². The van der Waals surface area contributed by atoms with Gasteiger partial charge in [0.1, 0.15) is 6.10 Å². The fourth-order valence-corrected chi connectivity index (χ4v) is 6.70. The molecule has 24 heavy (non-hydrogen) atoms. The molecule has 0 aromatic rings. The zero-order valence-corrected chi connectivity index (χ0v) is 15.5. The third-order valence-electron chi connectivity index (χ3n) is 7.74. The number of cyclic esters (lactones) is 1. The van der Waals surface area contributed by atoms with Gasteiger partial charge in [0.15, 0.2) is 0 Å². The maximum Gasteiger partial charge on any atom is 0.309 e. The van der Waals surface area contributed by atoms with Crippen LogP contribution in [0.3, 0.4) is 0 Å². The van der Waals surface area contributed by atoms with Gasteiger partial charge in [0, 0.05) is 18.0 Å². The molecule has 0 unspecified atom stereocenters. The number of ether oxygens (including phenoxy) is 1. The topological polar surface area (TPSA) is 38.3 Å². The Labute approximate surface area is 147 Å². The Morgan fingerprint density at radius 3 is 2.71 bits per heavy atom. The predicted molar refractivity (Wildman–Crippen MR) is 95.6 cm³/mol. The molecule has 1 N–H and O–H groups in total. The van der Waals surface area contributed by atoms with Crippen molar-refractivity contribution < 1.29 is 9.53 Å². The predicted octanol–water partition coefficient (Wildman–Crippen LogP) is 4.30. The lowest BCUT2D eigenvalue weighted by Crippen LogP contribution is -2.45. The molecule has 0 amide bonds. The highest BCUT2D eigenvalue weighted by Gasteiger charge is 2.54. The van der Waals surface area contributed by atoms with Crippen LogP contribution in [-0.4, -0.2) is 24.2 Å². The van der Waals surface area contributed by atoms with E-state index in [-0.39, 0.29) is 18.0 Å². The first-order chi connectivity index (χ1) is 11.6. The van der Waals surface area contributed by atoms with E-state index in [9.17, 15) is 4.79 Å². The number of carbonyl (C=O) groups is 1. The molecule has 0 aromatic heterocycles.